The molecule has 0 unspecified atom stereocenters. The zero-order chi connectivity index (χ0) is 24.2. The number of thioether (sulfide) groups is 1. The van der Waals surface area contributed by atoms with Crippen LogP contribution < -0.4 is 19.1 Å². The largest absolute Gasteiger partial charge is 0.496 e. The number of ether oxygens (including phenoxy) is 3. The Balaban J connectivity index is 1.85. The van der Waals surface area contributed by atoms with Gasteiger partial charge in [0.05, 0.1) is 43.2 Å². The molecule has 7 heteroatoms. The van der Waals surface area contributed by atoms with E-state index in [0.29, 0.717) is 32.9 Å². The molecule has 3 aromatic rings. The third-order valence-electron chi connectivity index (χ3n) is 5.32. The Hall–Kier alpha value is -3.71. The Labute approximate surface area is 203 Å². The average Bonchev–Trinajstić information content (AvgIpc) is 3.13. The number of methoxy groups -OCH3 is 3. The second-order valence-corrected chi connectivity index (χ2v) is 8.78. The summed E-state index contributed by atoms with van der Waals surface area (Å²) in [4.78, 5) is 20.6. The first kappa shape index (κ1) is 23.4. The molecule has 1 saturated heterocycles. The summed E-state index contributed by atoms with van der Waals surface area (Å²) in [6.45, 7) is 4.01. The highest BCUT2D eigenvalue weighted by molar-refractivity contribution is 8.19. The molecule has 0 radical (unpaired) electrons. The van der Waals surface area contributed by atoms with Crippen molar-refractivity contribution >= 4 is 40.3 Å². The lowest BCUT2D eigenvalue weighted by Gasteiger charge is -2.16. The SMILES string of the molecule is COc1cc(OC)c(/C=C2/SC(=Nc3cccc(C)c3)N(c3cccc(C)c3)C2=O)c(OC)c1. The second-order valence-electron chi connectivity index (χ2n) is 7.77. The fourth-order valence-electron chi connectivity index (χ4n) is 3.66. The molecule has 0 spiro atoms. The Bertz CT molecular complexity index is 1270. The number of amides is 1. The molecule has 0 aromatic heterocycles. The van der Waals surface area contributed by atoms with Crippen LogP contribution in [0.3, 0.4) is 0 Å². The lowest BCUT2D eigenvalue weighted by molar-refractivity contribution is -0.113. The number of benzene rings is 3. The van der Waals surface area contributed by atoms with Gasteiger partial charge in [0.25, 0.3) is 5.91 Å². The minimum Gasteiger partial charge on any atom is -0.496 e. The summed E-state index contributed by atoms with van der Waals surface area (Å²) < 4.78 is 16.5. The van der Waals surface area contributed by atoms with E-state index in [1.807, 2.05) is 62.4 Å². The average molecular weight is 475 g/mol. The highest BCUT2D eigenvalue weighted by atomic mass is 32.2. The summed E-state index contributed by atoms with van der Waals surface area (Å²) >= 11 is 1.32. The number of nitrogens with zero attached hydrogens (tertiary/aromatic N) is 2. The molecule has 3 aromatic carbocycles. The van der Waals surface area contributed by atoms with Crippen LogP contribution in [-0.2, 0) is 4.79 Å². The molecule has 34 heavy (non-hydrogen) atoms. The van der Waals surface area contributed by atoms with Crippen LogP contribution in [-0.4, -0.2) is 32.4 Å². The minimum atomic E-state index is -0.165. The zero-order valence-corrected chi connectivity index (χ0v) is 20.6. The molecule has 0 saturated carbocycles. The summed E-state index contributed by atoms with van der Waals surface area (Å²) in [5.41, 5.74) is 4.36. The van der Waals surface area contributed by atoms with Crippen molar-refractivity contribution in [3.8, 4) is 17.2 Å². The van der Waals surface area contributed by atoms with Crippen LogP contribution in [0.2, 0.25) is 0 Å². The van der Waals surface area contributed by atoms with Crippen molar-refractivity contribution in [2.75, 3.05) is 26.2 Å². The number of carbonyl (C=O) groups is 1. The highest BCUT2D eigenvalue weighted by Crippen LogP contribution is 2.41. The highest BCUT2D eigenvalue weighted by Gasteiger charge is 2.35. The first-order chi connectivity index (χ1) is 16.4. The molecule has 1 heterocycles. The summed E-state index contributed by atoms with van der Waals surface area (Å²) in [5, 5.41) is 0.582. The molecule has 0 atom stereocenters. The third kappa shape index (κ3) is 4.79. The Morgan fingerprint density at radius 1 is 0.853 bits per heavy atom. The number of anilines is 1. The van der Waals surface area contributed by atoms with E-state index in [0.717, 1.165) is 22.5 Å². The molecule has 6 nitrogen and oxygen atoms in total. The number of amidine groups is 1. The maximum Gasteiger partial charge on any atom is 0.271 e. The normalized spacial score (nSPS) is 15.8. The van der Waals surface area contributed by atoms with Crippen LogP contribution in [0, 0.1) is 13.8 Å². The third-order valence-corrected chi connectivity index (χ3v) is 6.29. The van der Waals surface area contributed by atoms with Gasteiger partial charge in [-0.15, -0.1) is 0 Å². The van der Waals surface area contributed by atoms with Crippen LogP contribution in [0.1, 0.15) is 16.7 Å². The number of hydrogen-bond donors (Lipinski definition) is 0. The van der Waals surface area contributed by atoms with E-state index in [9.17, 15) is 4.79 Å². The van der Waals surface area contributed by atoms with Gasteiger partial charge in [-0.05, 0) is 67.1 Å². The van der Waals surface area contributed by atoms with Gasteiger partial charge < -0.3 is 14.2 Å². The van der Waals surface area contributed by atoms with Crippen molar-refractivity contribution in [3.05, 3.63) is 82.3 Å². The predicted octanol–water partition coefficient (Wildman–Crippen LogP) is 6.14. The van der Waals surface area contributed by atoms with E-state index < -0.39 is 0 Å². The van der Waals surface area contributed by atoms with Crippen LogP contribution in [0.25, 0.3) is 6.08 Å². The number of aliphatic imine (C=N–C) groups is 1. The van der Waals surface area contributed by atoms with E-state index in [-0.39, 0.29) is 5.91 Å². The fourth-order valence-corrected chi connectivity index (χ4v) is 4.64. The number of carbonyl (C=O) groups excluding carboxylic acids is 1. The van der Waals surface area contributed by atoms with E-state index in [4.69, 9.17) is 19.2 Å². The van der Waals surface area contributed by atoms with E-state index in [2.05, 4.69) is 0 Å². The van der Waals surface area contributed by atoms with Crippen molar-refractivity contribution in [2.45, 2.75) is 13.8 Å². The quantitative estimate of drug-likeness (QED) is 0.402. The minimum absolute atomic E-state index is 0.165. The van der Waals surface area contributed by atoms with Gasteiger partial charge in [-0.25, -0.2) is 4.99 Å². The van der Waals surface area contributed by atoms with Crippen LogP contribution in [0.5, 0.6) is 17.2 Å². The zero-order valence-electron chi connectivity index (χ0n) is 19.8. The van der Waals surface area contributed by atoms with Crippen molar-refractivity contribution < 1.29 is 19.0 Å². The van der Waals surface area contributed by atoms with Crippen LogP contribution in [0.15, 0.2) is 70.6 Å². The first-order valence-electron chi connectivity index (χ1n) is 10.7. The van der Waals surface area contributed by atoms with Gasteiger partial charge in [0.1, 0.15) is 17.2 Å². The van der Waals surface area contributed by atoms with E-state index in [1.165, 1.54) is 11.8 Å². The van der Waals surface area contributed by atoms with E-state index >= 15 is 0 Å². The molecule has 0 aliphatic carbocycles. The van der Waals surface area contributed by atoms with Crippen molar-refractivity contribution in [3.63, 3.8) is 0 Å². The van der Waals surface area contributed by atoms with Gasteiger partial charge in [-0.2, -0.15) is 0 Å². The topological polar surface area (TPSA) is 60.4 Å². The van der Waals surface area contributed by atoms with Crippen molar-refractivity contribution in [1.82, 2.24) is 0 Å². The number of rotatable bonds is 6. The number of aryl methyl sites for hydroxylation is 2. The second kappa shape index (κ2) is 10.1. The lowest BCUT2D eigenvalue weighted by Crippen LogP contribution is -2.28. The van der Waals surface area contributed by atoms with Gasteiger partial charge in [0.2, 0.25) is 0 Å². The Kier molecular flexibility index (Phi) is 6.93. The van der Waals surface area contributed by atoms with Crippen molar-refractivity contribution in [2.24, 2.45) is 4.99 Å². The number of hydrogen-bond acceptors (Lipinski definition) is 6. The summed E-state index contributed by atoms with van der Waals surface area (Å²) in [6, 6.07) is 19.2. The smallest absolute Gasteiger partial charge is 0.271 e. The Morgan fingerprint density at radius 3 is 2.09 bits per heavy atom. The van der Waals surface area contributed by atoms with Gasteiger partial charge in [-0.3, -0.25) is 9.69 Å². The monoisotopic (exact) mass is 474 g/mol. The van der Waals surface area contributed by atoms with Gasteiger partial charge in [0, 0.05) is 12.1 Å². The van der Waals surface area contributed by atoms with Crippen molar-refractivity contribution in [1.29, 1.82) is 0 Å². The maximum absolute atomic E-state index is 13.7. The molecule has 0 N–H and O–H groups in total. The summed E-state index contributed by atoms with van der Waals surface area (Å²) in [5.74, 6) is 1.53. The van der Waals surface area contributed by atoms with Gasteiger partial charge in [0.15, 0.2) is 5.17 Å². The molecular formula is C27H26N2O4S. The van der Waals surface area contributed by atoms with E-state index in [1.54, 1.807) is 44.4 Å². The molecule has 1 aliphatic heterocycles. The molecule has 0 bridgehead atoms. The van der Waals surface area contributed by atoms with Gasteiger partial charge in [-0.1, -0.05) is 24.3 Å². The molecule has 174 valence electrons. The van der Waals surface area contributed by atoms with Crippen LogP contribution >= 0.6 is 11.8 Å². The predicted molar refractivity (Wildman–Crippen MR) is 139 cm³/mol. The molecule has 4 rings (SSSR count). The first-order valence-corrected chi connectivity index (χ1v) is 11.5. The van der Waals surface area contributed by atoms with Crippen LogP contribution in [0.4, 0.5) is 11.4 Å². The summed E-state index contributed by atoms with van der Waals surface area (Å²) in [7, 11) is 4.73. The Morgan fingerprint density at radius 2 is 1.50 bits per heavy atom. The molecule has 1 fully saturated rings. The molecule has 1 aliphatic rings. The summed E-state index contributed by atoms with van der Waals surface area (Å²) in [6.07, 6.45) is 1.78. The fraction of sp³-hybridized carbons (Fsp3) is 0.185. The van der Waals surface area contributed by atoms with Gasteiger partial charge >= 0.3 is 0 Å². The maximum atomic E-state index is 13.7. The molecule has 1 amide bonds. The molecular weight excluding hydrogens is 448 g/mol. The standard InChI is InChI=1S/C27H26N2O4S/c1-17-8-6-10-19(12-17)28-27-29(20-11-7-9-18(2)13-20)26(30)25(34-27)16-22-23(32-4)14-21(31-3)15-24(22)33-5/h6-16H,1-5H3/b25-16+,28-27?. The lowest BCUT2D eigenvalue weighted by atomic mass is 10.1.